The monoisotopic (exact) mass is 612 g/mol. The molecule has 8 aromatic rings. The van der Waals surface area contributed by atoms with E-state index in [9.17, 15) is 0 Å². The van der Waals surface area contributed by atoms with Crippen LogP contribution in [0.1, 0.15) is 13.8 Å². The van der Waals surface area contributed by atoms with Gasteiger partial charge in [0.25, 0.3) is 0 Å². The summed E-state index contributed by atoms with van der Waals surface area (Å²) in [7, 11) is 0. The molecule has 8 nitrogen and oxygen atoms in total. The largest absolute Gasteiger partial charge is 0.236 e. The van der Waals surface area contributed by atoms with Gasteiger partial charge in [-0.25, -0.2) is 18.7 Å². The molecule has 0 fully saturated rings. The van der Waals surface area contributed by atoms with Gasteiger partial charge in [0.2, 0.25) is 0 Å². The van der Waals surface area contributed by atoms with Crippen molar-refractivity contribution in [2.75, 3.05) is 0 Å². The predicted molar refractivity (Wildman–Crippen MR) is 185 cm³/mol. The summed E-state index contributed by atoms with van der Waals surface area (Å²) >= 11 is 0. The van der Waals surface area contributed by atoms with Crippen molar-refractivity contribution in [2.24, 2.45) is 0 Å². The molecule has 0 spiro atoms. The second kappa shape index (κ2) is 11.6. The molecule has 0 unspecified atom stereocenters. The molecule has 0 saturated carbocycles. The van der Waals surface area contributed by atoms with E-state index in [0.717, 1.165) is 45.0 Å². The summed E-state index contributed by atoms with van der Waals surface area (Å²) in [6, 6.07) is 49.2. The SMILES string of the molecule is CC(C)(n1nc(-n2ccc(-c3ccccc3)n2)cc1-c1ccccc1)n1nc(-n2ccc(-c3ccccc3)n2)cc1-c1ccccc1. The van der Waals surface area contributed by atoms with Crippen LogP contribution in [-0.2, 0) is 5.66 Å². The lowest BCUT2D eigenvalue weighted by molar-refractivity contribution is 0.241. The van der Waals surface area contributed by atoms with E-state index in [-0.39, 0.29) is 0 Å². The molecule has 0 aliphatic rings. The van der Waals surface area contributed by atoms with E-state index >= 15 is 0 Å². The van der Waals surface area contributed by atoms with Crippen LogP contribution in [0.3, 0.4) is 0 Å². The number of nitrogens with zero attached hydrogens (tertiary/aromatic N) is 8. The minimum Gasteiger partial charge on any atom is -0.236 e. The lowest BCUT2D eigenvalue weighted by Gasteiger charge is -2.30. The van der Waals surface area contributed by atoms with Crippen molar-refractivity contribution in [3.8, 4) is 56.7 Å². The van der Waals surface area contributed by atoms with E-state index in [4.69, 9.17) is 20.4 Å². The van der Waals surface area contributed by atoms with Crippen molar-refractivity contribution >= 4 is 0 Å². The molecule has 0 bridgehead atoms. The molecule has 0 N–H and O–H groups in total. The Hall–Kier alpha value is -6.28. The van der Waals surface area contributed by atoms with E-state index in [1.54, 1.807) is 0 Å². The van der Waals surface area contributed by atoms with Crippen molar-refractivity contribution < 1.29 is 0 Å². The Bertz CT molecular complexity index is 2100. The molecule has 4 aromatic heterocycles. The standard InChI is InChI=1S/C39H32N8/c1-39(2,46-35(31-19-11-5-12-20-31)27-37(42-46)44-25-23-33(40-44)29-15-7-3-8-16-29)47-36(32-21-13-6-14-22-32)28-38(43-47)45-26-24-34(41-45)30-17-9-4-10-18-30/h3-28H,1-2H3. The first-order chi connectivity index (χ1) is 23.0. The van der Waals surface area contributed by atoms with Gasteiger partial charge in [-0.3, -0.25) is 0 Å². The molecule has 0 radical (unpaired) electrons. The van der Waals surface area contributed by atoms with E-state index < -0.39 is 5.66 Å². The summed E-state index contributed by atoms with van der Waals surface area (Å²) in [4.78, 5) is 0. The average Bonchev–Trinajstić information content (AvgIpc) is 3.95. The molecule has 0 atom stereocenters. The summed E-state index contributed by atoms with van der Waals surface area (Å²) in [5.41, 5.74) is 7.12. The Labute approximate surface area is 272 Å². The molecular formula is C39H32N8. The fraction of sp³-hybridized carbons (Fsp3) is 0.0769. The minimum atomic E-state index is -0.752. The lowest BCUT2D eigenvalue weighted by Crippen LogP contribution is -2.38. The first kappa shape index (κ1) is 28.2. The Morgan fingerprint density at radius 2 is 0.745 bits per heavy atom. The number of rotatable bonds is 8. The third-order valence-electron chi connectivity index (χ3n) is 8.36. The highest BCUT2D eigenvalue weighted by atomic mass is 15.5. The number of aromatic nitrogens is 8. The summed E-state index contributed by atoms with van der Waals surface area (Å²) in [6.07, 6.45) is 3.92. The van der Waals surface area contributed by atoms with Gasteiger partial charge in [-0.15, -0.1) is 0 Å². The van der Waals surface area contributed by atoms with Crippen molar-refractivity contribution in [3.05, 3.63) is 158 Å². The van der Waals surface area contributed by atoms with Gasteiger partial charge in [0.15, 0.2) is 11.6 Å². The van der Waals surface area contributed by atoms with Crippen LogP contribution in [0.15, 0.2) is 158 Å². The maximum Gasteiger partial charge on any atom is 0.175 e. The van der Waals surface area contributed by atoms with Gasteiger partial charge in [-0.1, -0.05) is 121 Å². The molecule has 8 heteroatoms. The second-order valence-electron chi connectivity index (χ2n) is 11.8. The maximum absolute atomic E-state index is 5.21. The molecular weight excluding hydrogens is 580 g/mol. The number of benzene rings is 4. The Balaban J connectivity index is 1.27. The number of hydrogen-bond donors (Lipinski definition) is 0. The second-order valence-corrected chi connectivity index (χ2v) is 11.8. The van der Waals surface area contributed by atoms with Crippen molar-refractivity contribution in [1.29, 1.82) is 0 Å². The average molecular weight is 613 g/mol. The maximum atomic E-state index is 5.21. The fourth-order valence-corrected chi connectivity index (χ4v) is 5.94. The molecule has 4 heterocycles. The zero-order valence-corrected chi connectivity index (χ0v) is 26.1. The number of hydrogen-bond acceptors (Lipinski definition) is 4. The van der Waals surface area contributed by atoms with Gasteiger partial charge in [0.05, 0.1) is 22.8 Å². The van der Waals surface area contributed by atoms with Crippen LogP contribution >= 0.6 is 0 Å². The summed E-state index contributed by atoms with van der Waals surface area (Å²) in [5, 5.41) is 20.2. The van der Waals surface area contributed by atoms with Gasteiger partial charge < -0.3 is 0 Å². The van der Waals surface area contributed by atoms with Gasteiger partial charge in [0, 0.05) is 35.7 Å². The Kier molecular flexibility index (Phi) is 6.95. The lowest BCUT2D eigenvalue weighted by atomic mass is 10.1. The molecule has 0 saturated heterocycles. The highest BCUT2D eigenvalue weighted by molar-refractivity contribution is 5.65. The fourth-order valence-electron chi connectivity index (χ4n) is 5.94. The van der Waals surface area contributed by atoms with E-state index in [1.165, 1.54) is 0 Å². The van der Waals surface area contributed by atoms with Crippen LogP contribution in [0, 0.1) is 0 Å². The van der Waals surface area contributed by atoms with Crippen LogP contribution in [0.25, 0.3) is 56.7 Å². The van der Waals surface area contributed by atoms with E-state index in [2.05, 4.69) is 74.5 Å². The molecule has 0 aliphatic heterocycles. The molecule has 8 rings (SSSR count). The summed E-state index contributed by atoms with van der Waals surface area (Å²) in [5.74, 6) is 1.43. The highest BCUT2D eigenvalue weighted by Crippen LogP contribution is 2.34. The van der Waals surface area contributed by atoms with Gasteiger partial charge in [-0.05, 0) is 37.1 Å². The van der Waals surface area contributed by atoms with Gasteiger partial charge >= 0.3 is 0 Å². The van der Waals surface area contributed by atoms with Gasteiger partial charge in [0.1, 0.15) is 5.66 Å². The molecule has 4 aromatic carbocycles. The van der Waals surface area contributed by atoms with Crippen molar-refractivity contribution in [2.45, 2.75) is 19.5 Å². The molecule has 47 heavy (non-hydrogen) atoms. The minimum absolute atomic E-state index is 0.715. The quantitative estimate of drug-likeness (QED) is 0.173. The van der Waals surface area contributed by atoms with Crippen LogP contribution in [0.4, 0.5) is 0 Å². The van der Waals surface area contributed by atoms with Crippen molar-refractivity contribution in [3.63, 3.8) is 0 Å². The van der Waals surface area contributed by atoms with E-state index in [0.29, 0.717) is 11.6 Å². The van der Waals surface area contributed by atoms with Gasteiger partial charge in [-0.2, -0.15) is 20.4 Å². The summed E-state index contributed by atoms with van der Waals surface area (Å²) in [6.45, 7) is 4.27. The first-order valence-corrected chi connectivity index (χ1v) is 15.6. The van der Waals surface area contributed by atoms with Crippen LogP contribution in [0.5, 0.6) is 0 Å². The normalized spacial score (nSPS) is 11.6. The predicted octanol–water partition coefficient (Wildman–Crippen LogP) is 8.36. The van der Waals surface area contributed by atoms with Crippen LogP contribution in [-0.4, -0.2) is 39.1 Å². The highest BCUT2D eigenvalue weighted by Gasteiger charge is 2.32. The molecule has 0 amide bonds. The first-order valence-electron chi connectivity index (χ1n) is 15.6. The Morgan fingerprint density at radius 1 is 0.404 bits per heavy atom. The zero-order chi connectivity index (χ0) is 31.8. The Morgan fingerprint density at radius 3 is 1.11 bits per heavy atom. The molecule has 0 aliphatic carbocycles. The topological polar surface area (TPSA) is 71.3 Å². The smallest absolute Gasteiger partial charge is 0.175 e. The molecule has 228 valence electrons. The third-order valence-corrected chi connectivity index (χ3v) is 8.36. The van der Waals surface area contributed by atoms with Crippen LogP contribution in [0.2, 0.25) is 0 Å². The summed E-state index contributed by atoms with van der Waals surface area (Å²) < 4.78 is 7.76. The zero-order valence-electron chi connectivity index (χ0n) is 26.1. The third kappa shape index (κ3) is 5.25. The van der Waals surface area contributed by atoms with Crippen molar-refractivity contribution in [1.82, 2.24) is 39.1 Å². The van der Waals surface area contributed by atoms with Crippen LogP contribution < -0.4 is 0 Å². The van der Waals surface area contributed by atoms with E-state index in [1.807, 2.05) is 116 Å².